The highest BCUT2D eigenvalue weighted by atomic mass is 32.2. The summed E-state index contributed by atoms with van der Waals surface area (Å²) in [6.45, 7) is 3.83. The standard InChI is InChI=1S/C22H25NO5S/c1-4-28-22(24)18-9-14-21(17-7-10-19(27-3)11-8-17)23(15-18)29(25,26)20-12-5-16(2)6-13-20/h5-13,21H,4,14-15H2,1-3H3. The molecule has 154 valence electrons. The lowest BCUT2D eigenvalue weighted by Gasteiger charge is -2.34. The van der Waals surface area contributed by atoms with E-state index in [9.17, 15) is 13.2 Å². The van der Waals surface area contributed by atoms with Crippen molar-refractivity contribution in [2.24, 2.45) is 0 Å². The van der Waals surface area contributed by atoms with E-state index in [-0.39, 0.29) is 18.0 Å². The van der Waals surface area contributed by atoms with Gasteiger partial charge in [0.15, 0.2) is 0 Å². The number of benzene rings is 2. The third-order valence-electron chi connectivity index (χ3n) is 4.93. The molecular formula is C22H25NO5S. The second kappa shape index (κ2) is 8.80. The second-order valence-corrected chi connectivity index (χ2v) is 8.73. The molecule has 0 radical (unpaired) electrons. The van der Waals surface area contributed by atoms with E-state index in [2.05, 4.69) is 0 Å². The molecule has 1 aliphatic rings. The van der Waals surface area contributed by atoms with Crippen molar-refractivity contribution in [1.82, 2.24) is 4.31 Å². The molecule has 7 heteroatoms. The number of hydrogen-bond acceptors (Lipinski definition) is 5. The van der Waals surface area contributed by atoms with E-state index in [4.69, 9.17) is 9.47 Å². The van der Waals surface area contributed by atoms with Crippen LogP contribution in [0.15, 0.2) is 65.1 Å². The maximum Gasteiger partial charge on any atom is 0.335 e. The van der Waals surface area contributed by atoms with Crippen LogP contribution in [0.1, 0.15) is 30.5 Å². The van der Waals surface area contributed by atoms with Gasteiger partial charge in [-0.15, -0.1) is 0 Å². The van der Waals surface area contributed by atoms with Gasteiger partial charge >= 0.3 is 5.97 Å². The van der Waals surface area contributed by atoms with E-state index in [0.29, 0.717) is 17.7 Å². The molecule has 0 amide bonds. The van der Waals surface area contributed by atoms with Gasteiger partial charge in [-0.1, -0.05) is 35.9 Å². The van der Waals surface area contributed by atoms with Gasteiger partial charge in [-0.2, -0.15) is 4.31 Å². The number of carbonyl (C=O) groups excluding carboxylic acids is 1. The first-order valence-corrected chi connectivity index (χ1v) is 10.9. The molecule has 2 aromatic rings. The summed E-state index contributed by atoms with van der Waals surface area (Å²) in [5, 5.41) is 0. The Hall–Kier alpha value is -2.64. The number of carbonyl (C=O) groups is 1. The van der Waals surface area contributed by atoms with Gasteiger partial charge in [-0.25, -0.2) is 13.2 Å². The Kier molecular flexibility index (Phi) is 6.39. The quantitative estimate of drug-likeness (QED) is 0.674. The maximum atomic E-state index is 13.5. The van der Waals surface area contributed by atoms with Crippen molar-refractivity contribution < 1.29 is 22.7 Å². The maximum absolute atomic E-state index is 13.5. The van der Waals surface area contributed by atoms with Crippen LogP contribution in [0.25, 0.3) is 0 Å². The summed E-state index contributed by atoms with van der Waals surface area (Å²) in [6.07, 6.45) is 2.15. The van der Waals surface area contributed by atoms with E-state index in [1.165, 1.54) is 4.31 Å². The van der Waals surface area contributed by atoms with E-state index in [1.807, 2.05) is 19.1 Å². The number of hydrogen-bond donors (Lipinski definition) is 0. The van der Waals surface area contributed by atoms with Crippen molar-refractivity contribution in [1.29, 1.82) is 0 Å². The molecule has 1 heterocycles. The van der Waals surface area contributed by atoms with Crippen molar-refractivity contribution in [2.45, 2.75) is 31.2 Å². The van der Waals surface area contributed by atoms with Crippen LogP contribution in [-0.4, -0.2) is 39.0 Å². The van der Waals surface area contributed by atoms with E-state index in [0.717, 1.165) is 11.1 Å². The number of aryl methyl sites for hydroxylation is 1. The first-order valence-electron chi connectivity index (χ1n) is 9.45. The Bertz CT molecular complexity index is 995. The second-order valence-electron chi connectivity index (χ2n) is 6.84. The van der Waals surface area contributed by atoms with E-state index >= 15 is 0 Å². The SMILES string of the molecule is CCOC(=O)C1=CCC(c2ccc(OC)cc2)N(S(=O)(=O)c2ccc(C)cc2)C1. The van der Waals surface area contributed by atoms with Crippen LogP contribution in [0.2, 0.25) is 0 Å². The summed E-state index contributed by atoms with van der Waals surface area (Å²) in [7, 11) is -2.24. The highest BCUT2D eigenvalue weighted by Crippen LogP contribution is 2.35. The molecule has 0 saturated heterocycles. The molecule has 1 aliphatic heterocycles. The molecule has 0 saturated carbocycles. The molecule has 0 N–H and O–H groups in total. The van der Waals surface area contributed by atoms with Gasteiger partial charge in [0, 0.05) is 12.1 Å². The average Bonchev–Trinajstić information content (AvgIpc) is 2.74. The zero-order valence-corrected chi connectivity index (χ0v) is 17.6. The first-order chi connectivity index (χ1) is 13.9. The molecule has 6 nitrogen and oxygen atoms in total. The Labute approximate surface area is 171 Å². The molecule has 0 aromatic heterocycles. The predicted octanol–water partition coefficient (Wildman–Crippen LogP) is 3.63. The highest BCUT2D eigenvalue weighted by Gasteiger charge is 2.36. The van der Waals surface area contributed by atoms with Crippen LogP contribution < -0.4 is 4.74 Å². The van der Waals surface area contributed by atoms with Crippen LogP contribution in [0.3, 0.4) is 0 Å². The van der Waals surface area contributed by atoms with Crippen LogP contribution in [-0.2, 0) is 19.6 Å². The summed E-state index contributed by atoms with van der Waals surface area (Å²) in [5.41, 5.74) is 2.16. The number of methoxy groups -OCH3 is 1. The van der Waals surface area contributed by atoms with E-state index < -0.39 is 22.0 Å². The van der Waals surface area contributed by atoms with Crippen LogP contribution >= 0.6 is 0 Å². The van der Waals surface area contributed by atoms with Gasteiger partial charge in [-0.05, 0) is 50.1 Å². The van der Waals surface area contributed by atoms with Crippen LogP contribution in [0, 0.1) is 6.92 Å². The van der Waals surface area contributed by atoms with Crippen molar-refractivity contribution >= 4 is 16.0 Å². The van der Waals surface area contributed by atoms with Gasteiger partial charge in [-0.3, -0.25) is 0 Å². The molecule has 1 unspecified atom stereocenters. The minimum atomic E-state index is -3.82. The van der Waals surface area contributed by atoms with Crippen LogP contribution in [0.4, 0.5) is 0 Å². The van der Waals surface area contributed by atoms with Crippen molar-refractivity contribution in [2.75, 3.05) is 20.3 Å². The number of sulfonamides is 1. The topological polar surface area (TPSA) is 72.9 Å². The van der Waals surface area contributed by atoms with Crippen molar-refractivity contribution in [3.63, 3.8) is 0 Å². The fourth-order valence-electron chi connectivity index (χ4n) is 3.31. The van der Waals surface area contributed by atoms with Crippen molar-refractivity contribution in [3.8, 4) is 5.75 Å². The molecule has 1 atom stereocenters. The van der Waals surface area contributed by atoms with Gasteiger partial charge in [0.05, 0.1) is 24.7 Å². The Morgan fingerprint density at radius 1 is 1.10 bits per heavy atom. The Morgan fingerprint density at radius 3 is 2.34 bits per heavy atom. The third kappa shape index (κ3) is 4.52. The van der Waals surface area contributed by atoms with Gasteiger partial charge in [0.25, 0.3) is 0 Å². The molecule has 0 aliphatic carbocycles. The Balaban J connectivity index is 2.02. The number of esters is 1. The third-order valence-corrected chi connectivity index (χ3v) is 6.80. The monoisotopic (exact) mass is 415 g/mol. The summed E-state index contributed by atoms with van der Waals surface area (Å²) in [4.78, 5) is 12.5. The summed E-state index contributed by atoms with van der Waals surface area (Å²) >= 11 is 0. The lowest BCUT2D eigenvalue weighted by Crippen LogP contribution is -2.40. The zero-order valence-electron chi connectivity index (χ0n) is 16.8. The van der Waals surface area contributed by atoms with Crippen molar-refractivity contribution in [3.05, 3.63) is 71.3 Å². The molecule has 0 fully saturated rings. The fourth-order valence-corrected chi connectivity index (χ4v) is 4.91. The summed E-state index contributed by atoms with van der Waals surface area (Å²) in [5.74, 6) is 0.213. The average molecular weight is 416 g/mol. The number of nitrogens with zero attached hydrogens (tertiary/aromatic N) is 1. The smallest absolute Gasteiger partial charge is 0.335 e. The number of rotatable bonds is 6. The predicted molar refractivity (Wildman–Crippen MR) is 110 cm³/mol. The first kappa shape index (κ1) is 21.1. The van der Waals surface area contributed by atoms with Gasteiger partial charge < -0.3 is 9.47 Å². The number of ether oxygens (including phenoxy) is 2. The molecule has 3 rings (SSSR count). The normalized spacial score (nSPS) is 17.5. The van der Waals surface area contributed by atoms with E-state index in [1.54, 1.807) is 56.5 Å². The van der Waals surface area contributed by atoms with Crippen LogP contribution in [0.5, 0.6) is 5.75 Å². The highest BCUT2D eigenvalue weighted by molar-refractivity contribution is 7.89. The molecule has 0 bridgehead atoms. The van der Waals surface area contributed by atoms with Gasteiger partial charge in [0.2, 0.25) is 10.0 Å². The Morgan fingerprint density at radius 2 is 1.76 bits per heavy atom. The molecule has 2 aromatic carbocycles. The largest absolute Gasteiger partial charge is 0.497 e. The minimum absolute atomic E-state index is 0.0360. The minimum Gasteiger partial charge on any atom is -0.497 e. The zero-order chi connectivity index (χ0) is 21.0. The lowest BCUT2D eigenvalue weighted by atomic mass is 9.98. The fraction of sp³-hybridized carbons (Fsp3) is 0.318. The van der Waals surface area contributed by atoms with Gasteiger partial charge in [0.1, 0.15) is 5.75 Å². The molecular weight excluding hydrogens is 390 g/mol. The molecule has 29 heavy (non-hydrogen) atoms. The molecule has 0 spiro atoms. The summed E-state index contributed by atoms with van der Waals surface area (Å²) in [6, 6.07) is 13.6. The lowest BCUT2D eigenvalue weighted by molar-refractivity contribution is -0.138. The summed E-state index contributed by atoms with van der Waals surface area (Å²) < 4.78 is 38.6.